The van der Waals surface area contributed by atoms with Gasteiger partial charge in [-0.1, -0.05) is 133 Å². The first-order valence-electron chi connectivity index (χ1n) is 18.2. The third-order valence-corrected chi connectivity index (χ3v) is 8.17. The molecular weight excluding hydrogens is 574 g/mol. The van der Waals surface area contributed by atoms with Gasteiger partial charge in [0.25, 0.3) is 0 Å². The molecule has 0 aliphatic heterocycles. The fourth-order valence-electron chi connectivity index (χ4n) is 5.90. The summed E-state index contributed by atoms with van der Waals surface area (Å²) in [5.74, 6) is 0.520. The Labute approximate surface area is 280 Å². The largest absolute Gasteiger partial charge is 0.456 e. The molecule has 0 unspecified atom stereocenters. The summed E-state index contributed by atoms with van der Waals surface area (Å²) in [4.78, 5) is 14.7. The minimum atomic E-state index is -0.361. The molecule has 0 aliphatic carbocycles. The maximum absolute atomic E-state index is 9.43. The monoisotopic (exact) mass is 607 g/mol. The first-order valence-corrected chi connectivity index (χ1v) is 15.2. The molecule has 220 valence electrons. The minimum absolute atomic E-state index is 0.0325. The Kier molecular flexibility index (Phi) is 5.09. The lowest BCUT2D eigenvalue weighted by molar-refractivity contribution is 0.669. The Morgan fingerprint density at radius 1 is 0.426 bits per heavy atom. The second-order valence-corrected chi connectivity index (χ2v) is 11.1. The van der Waals surface area contributed by atoms with E-state index >= 15 is 0 Å². The molecule has 0 atom stereocenters. The average molecular weight is 608 g/mol. The van der Waals surface area contributed by atoms with E-state index in [-0.39, 0.29) is 75.6 Å². The van der Waals surface area contributed by atoms with Crippen LogP contribution in [0.25, 0.3) is 89.1 Å². The van der Waals surface area contributed by atoms with Gasteiger partial charge in [0.15, 0.2) is 17.5 Å². The molecule has 2 heterocycles. The number of para-hydroxylation sites is 1. The highest BCUT2D eigenvalue weighted by atomic mass is 16.3. The number of furan rings is 1. The summed E-state index contributed by atoms with van der Waals surface area (Å²) in [7, 11) is 0. The van der Waals surface area contributed by atoms with Crippen molar-refractivity contribution in [3.05, 3.63) is 164 Å². The van der Waals surface area contributed by atoms with Crippen molar-refractivity contribution in [3.8, 4) is 56.4 Å². The number of hydrogen-bond acceptors (Lipinski definition) is 4. The lowest BCUT2D eigenvalue weighted by atomic mass is 9.99. The maximum atomic E-state index is 9.43. The van der Waals surface area contributed by atoms with Crippen LogP contribution >= 0.6 is 0 Å². The lowest BCUT2D eigenvalue weighted by Crippen LogP contribution is -2.00. The van der Waals surface area contributed by atoms with E-state index < -0.39 is 0 Å². The SMILES string of the molecule is [2H]c1c(-c2nc(-c3cccc(-c4ccccc4)c3)nc(-c3cccc4oc5ccccc5c34)n2)c([2H])c2c([2H])c([2H])c(-c3ccccc3)c([2H])c2c1[2H]. The van der Waals surface area contributed by atoms with Crippen LogP contribution in [0.15, 0.2) is 168 Å². The van der Waals surface area contributed by atoms with Crippen LogP contribution in [0.2, 0.25) is 0 Å². The fourth-order valence-corrected chi connectivity index (χ4v) is 5.90. The summed E-state index contributed by atoms with van der Waals surface area (Å²) < 4.78 is 61.1. The summed E-state index contributed by atoms with van der Waals surface area (Å²) in [6, 6.07) is 38.1. The molecule has 4 nitrogen and oxygen atoms in total. The molecule has 2 aromatic heterocycles. The van der Waals surface area contributed by atoms with Crippen LogP contribution in [-0.2, 0) is 0 Å². The van der Waals surface area contributed by atoms with Crippen molar-refractivity contribution in [1.82, 2.24) is 15.0 Å². The van der Waals surface area contributed by atoms with Gasteiger partial charge in [0.2, 0.25) is 0 Å². The van der Waals surface area contributed by atoms with E-state index in [1.807, 2.05) is 103 Å². The molecule has 0 saturated carbocycles. The van der Waals surface area contributed by atoms with Crippen molar-refractivity contribution in [2.45, 2.75) is 0 Å². The number of rotatable bonds is 5. The molecule has 0 radical (unpaired) electrons. The van der Waals surface area contributed by atoms with E-state index in [1.165, 1.54) is 0 Å². The molecule has 0 spiro atoms. The van der Waals surface area contributed by atoms with Crippen LogP contribution in [-0.4, -0.2) is 15.0 Å². The first kappa shape index (κ1) is 21.4. The zero-order chi connectivity index (χ0) is 36.4. The van der Waals surface area contributed by atoms with Crippen LogP contribution in [0.1, 0.15) is 8.22 Å². The van der Waals surface area contributed by atoms with Crippen molar-refractivity contribution in [2.75, 3.05) is 0 Å². The fraction of sp³-hybridized carbons (Fsp3) is 0. The highest BCUT2D eigenvalue weighted by molar-refractivity contribution is 6.11. The molecule has 0 bridgehead atoms. The Balaban J connectivity index is 1.34. The maximum Gasteiger partial charge on any atom is 0.164 e. The third-order valence-electron chi connectivity index (χ3n) is 8.17. The predicted molar refractivity (Wildman–Crippen MR) is 192 cm³/mol. The van der Waals surface area contributed by atoms with Crippen molar-refractivity contribution in [3.63, 3.8) is 0 Å². The van der Waals surface area contributed by atoms with Crippen LogP contribution in [0, 0.1) is 0 Å². The van der Waals surface area contributed by atoms with E-state index in [0.717, 1.165) is 21.9 Å². The van der Waals surface area contributed by atoms with Gasteiger partial charge in [-0.2, -0.15) is 0 Å². The second kappa shape index (κ2) is 11.2. The molecule has 0 amide bonds. The Bertz CT molecular complexity index is 2910. The van der Waals surface area contributed by atoms with Gasteiger partial charge in [-0.05, 0) is 63.3 Å². The van der Waals surface area contributed by atoms with E-state index in [9.17, 15) is 2.74 Å². The van der Waals surface area contributed by atoms with Crippen LogP contribution in [0.3, 0.4) is 0 Å². The van der Waals surface area contributed by atoms with Gasteiger partial charge >= 0.3 is 0 Å². The summed E-state index contributed by atoms with van der Waals surface area (Å²) in [5.41, 5.74) is 5.23. The molecule has 0 N–H and O–H groups in total. The van der Waals surface area contributed by atoms with E-state index in [2.05, 4.69) is 0 Å². The van der Waals surface area contributed by atoms with Crippen molar-refractivity contribution in [2.24, 2.45) is 0 Å². The molecule has 0 fully saturated rings. The quantitative estimate of drug-likeness (QED) is 0.195. The molecule has 7 aromatic carbocycles. The number of hydrogen-bond donors (Lipinski definition) is 0. The minimum Gasteiger partial charge on any atom is -0.456 e. The number of benzene rings is 7. The lowest BCUT2D eigenvalue weighted by Gasteiger charge is -2.11. The highest BCUT2D eigenvalue weighted by Gasteiger charge is 2.18. The zero-order valence-electron chi connectivity index (χ0n) is 30.9. The Morgan fingerprint density at radius 3 is 1.77 bits per heavy atom. The van der Waals surface area contributed by atoms with E-state index in [1.54, 1.807) is 24.3 Å². The van der Waals surface area contributed by atoms with Crippen LogP contribution in [0.4, 0.5) is 0 Å². The number of aromatic nitrogens is 3. The van der Waals surface area contributed by atoms with Gasteiger partial charge in [0.1, 0.15) is 11.2 Å². The van der Waals surface area contributed by atoms with Crippen molar-refractivity contribution in [1.29, 1.82) is 0 Å². The van der Waals surface area contributed by atoms with Gasteiger partial charge in [0.05, 0.1) is 8.22 Å². The Hall–Kier alpha value is -6.39. The summed E-state index contributed by atoms with van der Waals surface area (Å²) >= 11 is 0. The topological polar surface area (TPSA) is 51.8 Å². The van der Waals surface area contributed by atoms with Crippen LogP contribution in [0.5, 0.6) is 0 Å². The number of nitrogens with zero attached hydrogens (tertiary/aromatic N) is 3. The molecule has 0 aliphatic rings. The average Bonchev–Trinajstić information content (AvgIpc) is 3.58. The molecule has 4 heteroatoms. The third kappa shape index (κ3) is 4.93. The molecule has 9 aromatic rings. The number of fused-ring (bicyclic) bond motifs is 4. The molecule has 0 saturated heterocycles. The standard InChI is InChI=1S/C43H27N3O/c1-3-11-28(12-4-1)30-15-9-16-34(26-30)41-44-42(35-24-23-32-25-31(21-22-33(32)27-35)29-13-5-2-6-14-29)46-43(45-41)37-18-10-20-39-40(37)36-17-7-8-19-38(36)47-39/h1-27H/i21D,22D,23D,24D,25D,27D. The van der Waals surface area contributed by atoms with Crippen molar-refractivity contribution >= 4 is 32.7 Å². The van der Waals surface area contributed by atoms with E-state index in [0.29, 0.717) is 27.9 Å². The van der Waals surface area contributed by atoms with Gasteiger partial charge in [0, 0.05) is 27.5 Å². The van der Waals surface area contributed by atoms with Crippen molar-refractivity contribution < 1.29 is 12.6 Å². The highest BCUT2D eigenvalue weighted by Crippen LogP contribution is 2.37. The summed E-state index contributed by atoms with van der Waals surface area (Å²) in [6.45, 7) is 0. The molecule has 47 heavy (non-hydrogen) atoms. The smallest absolute Gasteiger partial charge is 0.164 e. The van der Waals surface area contributed by atoms with Crippen LogP contribution < -0.4 is 0 Å². The summed E-state index contributed by atoms with van der Waals surface area (Å²) in [6.07, 6.45) is 0. The van der Waals surface area contributed by atoms with Gasteiger partial charge in [-0.3, -0.25) is 0 Å². The second-order valence-electron chi connectivity index (χ2n) is 11.1. The zero-order valence-corrected chi connectivity index (χ0v) is 24.9. The molecular formula is C43H27N3O. The van der Waals surface area contributed by atoms with Gasteiger partial charge < -0.3 is 4.42 Å². The van der Waals surface area contributed by atoms with Gasteiger partial charge in [-0.25, -0.2) is 15.0 Å². The first-order chi connectivity index (χ1) is 25.8. The molecule has 9 rings (SSSR count). The normalized spacial score (nSPS) is 13.2. The van der Waals surface area contributed by atoms with E-state index in [4.69, 9.17) is 24.9 Å². The summed E-state index contributed by atoms with van der Waals surface area (Å²) in [5, 5.41) is 1.55. The predicted octanol–water partition coefficient (Wildman–Crippen LogP) is 11.3. The van der Waals surface area contributed by atoms with Gasteiger partial charge in [-0.15, -0.1) is 0 Å². The Morgan fingerprint density at radius 2 is 0.979 bits per heavy atom.